The van der Waals surface area contributed by atoms with E-state index in [0.717, 1.165) is 12.8 Å². The molecule has 0 fully saturated rings. The molecule has 1 rings (SSSR count). The Labute approximate surface area is 113 Å². The second-order valence-electron chi connectivity index (χ2n) is 4.71. The van der Waals surface area contributed by atoms with Gasteiger partial charge in [-0.2, -0.15) is 0 Å². The van der Waals surface area contributed by atoms with Gasteiger partial charge in [0.1, 0.15) is 12.0 Å². The van der Waals surface area contributed by atoms with Crippen molar-refractivity contribution in [3.63, 3.8) is 0 Å². The van der Waals surface area contributed by atoms with Crippen molar-refractivity contribution >= 4 is 6.03 Å². The minimum absolute atomic E-state index is 0.0278. The molecule has 0 saturated carbocycles. The maximum absolute atomic E-state index is 11.7. The molecule has 19 heavy (non-hydrogen) atoms. The largest absolute Gasteiger partial charge is 0.396 e. The number of rotatable bonds is 8. The molecule has 1 aromatic heterocycles. The molecule has 108 valence electrons. The van der Waals surface area contributed by atoms with Gasteiger partial charge >= 0.3 is 6.03 Å². The predicted molar refractivity (Wildman–Crippen MR) is 71.5 cm³/mol. The van der Waals surface area contributed by atoms with E-state index in [9.17, 15) is 4.79 Å². The summed E-state index contributed by atoms with van der Waals surface area (Å²) >= 11 is 0. The van der Waals surface area contributed by atoms with Crippen LogP contribution in [0.3, 0.4) is 0 Å². The first kappa shape index (κ1) is 15.5. The third-order valence-electron chi connectivity index (χ3n) is 3.69. The summed E-state index contributed by atoms with van der Waals surface area (Å²) < 4.78 is 4.68. The molecule has 0 aromatic carbocycles. The Bertz CT molecular complexity index is 361. The van der Waals surface area contributed by atoms with Gasteiger partial charge in [-0.05, 0) is 24.7 Å². The summed E-state index contributed by atoms with van der Waals surface area (Å²) in [7, 11) is 0. The molecule has 0 aliphatic heterocycles. The SMILES string of the molecule is CCC(CC)(CCO)CNC(=O)NCc1ccon1. The van der Waals surface area contributed by atoms with Crippen molar-refractivity contribution in [3.05, 3.63) is 18.0 Å². The highest BCUT2D eigenvalue weighted by Gasteiger charge is 2.25. The van der Waals surface area contributed by atoms with Crippen molar-refractivity contribution in [1.82, 2.24) is 15.8 Å². The number of urea groups is 1. The lowest BCUT2D eigenvalue weighted by Gasteiger charge is -2.31. The molecule has 0 atom stereocenters. The van der Waals surface area contributed by atoms with Gasteiger partial charge in [0.15, 0.2) is 0 Å². The number of carbonyl (C=O) groups excluding carboxylic acids is 1. The van der Waals surface area contributed by atoms with E-state index < -0.39 is 0 Å². The second-order valence-corrected chi connectivity index (χ2v) is 4.71. The molecule has 0 radical (unpaired) electrons. The molecule has 3 N–H and O–H groups in total. The fourth-order valence-corrected chi connectivity index (χ4v) is 2.01. The van der Waals surface area contributed by atoms with Gasteiger partial charge in [-0.25, -0.2) is 4.79 Å². The van der Waals surface area contributed by atoms with E-state index in [1.807, 2.05) is 0 Å². The van der Waals surface area contributed by atoms with Crippen LogP contribution in [0.25, 0.3) is 0 Å². The molecule has 1 aromatic rings. The van der Waals surface area contributed by atoms with Crippen LogP contribution in [0, 0.1) is 5.41 Å². The molecule has 0 bridgehead atoms. The van der Waals surface area contributed by atoms with Gasteiger partial charge < -0.3 is 20.3 Å². The molecule has 0 saturated heterocycles. The van der Waals surface area contributed by atoms with E-state index >= 15 is 0 Å². The average molecular weight is 269 g/mol. The van der Waals surface area contributed by atoms with Crippen LogP contribution < -0.4 is 10.6 Å². The molecule has 1 heterocycles. The first-order valence-electron chi connectivity index (χ1n) is 6.67. The highest BCUT2D eigenvalue weighted by Crippen LogP contribution is 2.29. The fourth-order valence-electron chi connectivity index (χ4n) is 2.01. The Kier molecular flexibility index (Phi) is 6.35. The Morgan fingerprint density at radius 2 is 2.16 bits per heavy atom. The minimum Gasteiger partial charge on any atom is -0.396 e. The van der Waals surface area contributed by atoms with Gasteiger partial charge in [0.05, 0.1) is 6.54 Å². The average Bonchev–Trinajstić information content (AvgIpc) is 2.94. The van der Waals surface area contributed by atoms with Crippen molar-refractivity contribution in [2.45, 2.75) is 39.7 Å². The first-order valence-corrected chi connectivity index (χ1v) is 6.67. The summed E-state index contributed by atoms with van der Waals surface area (Å²) in [5, 5.41) is 18.4. The number of amides is 2. The Morgan fingerprint density at radius 1 is 1.42 bits per heavy atom. The fraction of sp³-hybridized carbons (Fsp3) is 0.692. The van der Waals surface area contributed by atoms with Gasteiger partial charge in [0.2, 0.25) is 0 Å². The van der Waals surface area contributed by atoms with Crippen molar-refractivity contribution in [2.75, 3.05) is 13.2 Å². The highest BCUT2D eigenvalue weighted by molar-refractivity contribution is 5.73. The van der Waals surface area contributed by atoms with Gasteiger partial charge in [-0.1, -0.05) is 19.0 Å². The number of aliphatic hydroxyl groups is 1. The number of carbonyl (C=O) groups is 1. The molecular formula is C13H23N3O3. The van der Waals surface area contributed by atoms with E-state index in [1.165, 1.54) is 6.26 Å². The Morgan fingerprint density at radius 3 is 2.68 bits per heavy atom. The maximum atomic E-state index is 11.7. The molecule has 2 amide bonds. The molecule has 6 heteroatoms. The van der Waals surface area contributed by atoms with E-state index in [1.54, 1.807) is 6.07 Å². The Balaban J connectivity index is 2.35. The zero-order valence-electron chi connectivity index (χ0n) is 11.6. The van der Waals surface area contributed by atoms with Gasteiger partial charge in [0, 0.05) is 19.2 Å². The lowest BCUT2D eigenvalue weighted by atomic mass is 9.79. The number of hydrogen-bond acceptors (Lipinski definition) is 4. The van der Waals surface area contributed by atoms with Crippen LogP contribution in [0.2, 0.25) is 0 Å². The van der Waals surface area contributed by atoms with E-state index in [4.69, 9.17) is 5.11 Å². The quantitative estimate of drug-likeness (QED) is 0.670. The topological polar surface area (TPSA) is 87.4 Å². The predicted octanol–water partition coefficient (Wildman–Crippen LogP) is 1.66. The van der Waals surface area contributed by atoms with Gasteiger partial charge in [0.25, 0.3) is 0 Å². The van der Waals surface area contributed by atoms with E-state index in [-0.39, 0.29) is 18.1 Å². The molecule has 0 spiro atoms. The van der Waals surface area contributed by atoms with Crippen molar-refractivity contribution in [2.24, 2.45) is 5.41 Å². The summed E-state index contributed by atoms with van der Waals surface area (Å²) in [4.78, 5) is 11.7. The third-order valence-corrected chi connectivity index (χ3v) is 3.69. The normalized spacial score (nSPS) is 11.3. The van der Waals surface area contributed by atoms with Gasteiger partial charge in [-0.15, -0.1) is 0 Å². The number of hydrogen-bond donors (Lipinski definition) is 3. The number of aliphatic hydroxyl groups excluding tert-OH is 1. The summed E-state index contributed by atoms with van der Waals surface area (Å²) in [6.45, 7) is 5.20. The lowest BCUT2D eigenvalue weighted by Crippen LogP contribution is -2.42. The Hall–Kier alpha value is -1.56. The molecular weight excluding hydrogens is 246 g/mol. The monoisotopic (exact) mass is 269 g/mol. The van der Waals surface area contributed by atoms with Gasteiger partial charge in [-0.3, -0.25) is 0 Å². The minimum atomic E-state index is -0.229. The van der Waals surface area contributed by atoms with Crippen LogP contribution in [0.4, 0.5) is 4.79 Å². The van der Waals surface area contributed by atoms with Crippen LogP contribution in [0.15, 0.2) is 16.9 Å². The summed E-state index contributed by atoms with van der Waals surface area (Å²) in [6, 6.07) is 1.47. The van der Waals surface area contributed by atoms with Crippen LogP contribution in [0.5, 0.6) is 0 Å². The lowest BCUT2D eigenvalue weighted by molar-refractivity contribution is 0.163. The maximum Gasteiger partial charge on any atom is 0.315 e. The molecule has 0 unspecified atom stereocenters. The molecule has 0 aliphatic rings. The zero-order valence-corrected chi connectivity index (χ0v) is 11.6. The standard InChI is InChI=1S/C13H23N3O3/c1-3-13(4-2,6-7-17)10-15-12(18)14-9-11-5-8-19-16-11/h5,8,17H,3-4,6-7,9-10H2,1-2H3,(H2,14,15,18). The smallest absolute Gasteiger partial charge is 0.315 e. The third kappa shape index (κ3) is 4.90. The summed E-state index contributed by atoms with van der Waals surface area (Å²) in [6.07, 6.45) is 4.01. The van der Waals surface area contributed by atoms with E-state index in [2.05, 4.69) is 34.2 Å². The van der Waals surface area contributed by atoms with E-state index in [0.29, 0.717) is 25.2 Å². The number of nitrogens with one attached hydrogen (secondary N) is 2. The molecule has 0 aliphatic carbocycles. The van der Waals surface area contributed by atoms with Crippen LogP contribution in [-0.4, -0.2) is 29.4 Å². The first-order chi connectivity index (χ1) is 9.15. The van der Waals surface area contributed by atoms with Crippen molar-refractivity contribution in [3.8, 4) is 0 Å². The zero-order chi connectivity index (χ0) is 14.1. The van der Waals surface area contributed by atoms with Crippen molar-refractivity contribution in [1.29, 1.82) is 0 Å². The van der Waals surface area contributed by atoms with Crippen LogP contribution >= 0.6 is 0 Å². The highest BCUT2D eigenvalue weighted by atomic mass is 16.5. The van der Waals surface area contributed by atoms with Crippen molar-refractivity contribution < 1.29 is 14.4 Å². The van der Waals surface area contributed by atoms with Crippen LogP contribution in [-0.2, 0) is 6.54 Å². The van der Waals surface area contributed by atoms with Crippen LogP contribution in [0.1, 0.15) is 38.8 Å². The number of aromatic nitrogens is 1. The summed E-state index contributed by atoms with van der Waals surface area (Å²) in [5.74, 6) is 0. The molecule has 6 nitrogen and oxygen atoms in total. The number of nitrogens with zero attached hydrogens (tertiary/aromatic N) is 1. The summed E-state index contributed by atoms with van der Waals surface area (Å²) in [5.41, 5.74) is 0.655. The second kappa shape index (κ2) is 7.78.